The third-order valence-corrected chi connectivity index (χ3v) is 3.78. The first-order chi connectivity index (χ1) is 11.9. The van der Waals surface area contributed by atoms with E-state index in [4.69, 9.17) is 0 Å². The number of hydrogen-bond donors (Lipinski definition) is 2. The van der Waals surface area contributed by atoms with Crippen molar-refractivity contribution >= 4 is 35.8 Å². The highest BCUT2D eigenvalue weighted by Crippen LogP contribution is 2.22. The zero-order chi connectivity index (χ0) is 20.0. The number of aliphatic imine (C=N–C) groups is 1. The van der Waals surface area contributed by atoms with Gasteiger partial charge in [-0.05, 0) is 17.7 Å². The van der Waals surface area contributed by atoms with E-state index in [0.29, 0.717) is 11.4 Å². The number of nitrogens with one attached hydrogen (secondary N) is 2. The highest BCUT2D eigenvalue weighted by Gasteiger charge is 2.31. The molecule has 0 aliphatic rings. The Balaban J connectivity index is 0.00000676. The van der Waals surface area contributed by atoms with Crippen LogP contribution >= 0.6 is 24.0 Å². The van der Waals surface area contributed by atoms with Crippen LogP contribution in [-0.4, -0.2) is 56.7 Å². The van der Waals surface area contributed by atoms with Gasteiger partial charge >= 0.3 is 6.18 Å². The number of rotatable bonds is 6. The highest BCUT2D eigenvalue weighted by atomic mass is 127. The quantitative estimate of drug-likeness (QED) is 0.271. The van der Waals surface area contributed by atoms with Crippen molar-refractivity contribution in [1.82, 2.24) is 15.5 Å². The maximum atomic E-state index is 13.4. The predicted molar refractivity (Wildman–Crippen MR) is 108 cm³/mol. The first kappa shape index (κ1) is 25.4. The topological polar surface area (TPSA) is 56.7 Å². The second-order valence-corrected chi connectivity index (χ2v) is 6.54. The van der Waals surface area contributed by atoms with E-state index in [1.54, 1.807) is 12.1 Å². The number of guanidine groups is 1. The zero-order valence-electron chi connectivity index (χ0n) is 15.7. The molecule has 10 heteroatoms. The van der Waals surface area contributed by atoms with E-state index in [1.165, 1.54) is 19.2 Å². The molecule has 0 saturated carbocycles. The largest absolute Gasteiger partial charge is 0.406 e. The van der Waals surface area contributed by atoms with Crippen LogP contribution in [0.5, 0.6) is 0 Å². The average molecular weight is 504 g/mol. The van der Waals surface area contributed by atoms with Crippen molar-refractivity contribution in [2.45, 2.75) is 25.4 Å². The molecule has 0 unspecified atom stereocenters. The Morgan fingerprint density at radius 3 is 2.37 bits per heavy atom. The van der Waals surface area contributed by atoms with Crippen molar-refractivity contribution in [3.8, 4) is 0 Å². The van der Waals surface area contributed by atoms with Gasteiger partial charge in [-0.15, -0.1) is 24.0 Å². The molecule has 2 N–H and O–H groups in total. The number of halogens is 5. The molecule has 0 atom stereocenters. The summed E-state index contributed by atoms with van der Waals surface area (Å²) in [7, 11) is 2.56. The summed E-state index contributed by atoms with van der Waals surface area (Å²) in [5.41, 5.74) is 0.345. The third kappa shape index (κ3) is 9.25. The number of likely N-dealkylation sites (N-methyl/N-ethyl adjacent to an activating group) is 1. The van der Waals surface area contributed by atoms with Gasteiger partial charge in [0.05, 0.1) is 6.54 Å². The first-order valence-corrected chi connectivity index (χ1v) is 7.96. The maximum absolute atomic E-state index is 13.4. The van der Waals surface area contributed by atoms with E-state index in [9.17, 15) is 22.4 Å². The van der Waals surface area contributed by atoms with Crippen LogP contribution in [0.4, 0.5) is 17.6 Å². The first-order valence-electron chi connectivity index (χ1n) is 7.96. The number of nitrogens with zero attached hydrogens (tertiary/aromatic N) is 2. The van der Waals surface area contributed by atoms with Crippen LogP contribution in [0, 0.1) is 5.82 Å². The Bertz CT molecular complexity index is 650. The van der Waals surface area contributed by atoms with Gasteiger partial charge in [-0.2, -0.15) is 13.2 Å². The number of carbonyl (C=O) groups is 1. The Morgan fingerprint density at radius 2 is 1.85 bits per heavy atom. The van der Waals surface area contributed by atoms with E-state index in [-0.39, 0.29) is 42.3 Å². The van der Waals surface area contributed by atoms with Crippen molar-refractivity contribution < 1.29 is 22.4 Å². The fourth-order valence-electron chi connectivity index (χ4n) is 2.19. The smallest absolute Gasteiger partial charge is 0.356 e. The lowest BCUT2D eigenvalue weighted by Gasteiger charge is -2.27. The van der Waals surface area contributed by atoms with Crippen LogP contribution in [0.3, 0.4) is 0 Å². The molecular formula is C17H25F4IN4O. The fraction of sp³-hybridized carbons (Fsp3) is 0.529. The molecular weight excluding hydrogens is 479 g/mol. The lowest BCUT2D eigenvalue weighted by atomic mass is 9.84. The van der Waals surface area contributed by atoms with Crippen molar-refractivity contribution in [1.29, 1.82) is 0 Å². The van der Waals surface area contributed by atoms with Gasteiger partial charge in [-0.25, -0.2) is 4.39 Å². The monoisotopic (exact) mass is 504 g/mol. The molecule has 0 heterocycles. The van der Waals surface area contributed by atoms with Crippen molar-refractivity contribution in [2.24, 2.45) is 4.99 Å². The van der Waals surface area contributed by atoms with Crippen molar-refractivity contribution in [2.75, 3.05) is 33.7 Å². The van der Waals surface area contributed by atoms with Gasteiger partial charge in [0.1, 0.15) is 12.4 Å². The van der Waals surface area contributed by atoms with Gasteiger partial charge in [0, 0.05) is 26.1 Å². The summed E-state index contributed by atoms with van der Waals surface area (Å²) in [6.07, 6.45) is -4.45. The minimum absolute atomic E-state index is 0. The van der Waals surface area contributed by atoms with Crippen LogP contribution in [0.15, 0.2) is 29.3 Å². The molecule has 1 aromatic rings. The molecule has 27 heavy (non-hydrogen) atoms. The van der Waals surface area contributed by atoms with E-state index < -0.39 is 24.0 Å². The third-order valence-electron chi connectivity index (χ3n) is 3.78. The predicted octanol–water partition coefficient (Wildman–Crippen LogP) is 2.91. The van der Waals surface area contributed by atoms with E-state index in [2.05, 4.69) is 15.6 Å². The molecule has 0 bridgehead atoms. The number of benzene rings is 1. The van der Waals surface area contributed by atoms with Gasteiger partial charge in [0.25, 0.3) is 0 Å². The van der Waals surface area contributed by atoms with Crippen molar-refractivity contribution in [3.63, 3.8) is 0 Å². The van der Waals surface area contributed by atoms with Crippen LogP contribution in [0.2, 0.25) is 0 Å². The average Bonchev–Trinajstić information content (AvgIpc) is 2.53. The summed E-state index contributed by atoms with van der Waals surface area (Å²) < 4.78 is 50.3. The van der Waals surface area contributed by atoms with E-state index in [1.807, 2.05) is 13.8 Å². The Morgan fingerprint density at radius 1 is 1.22 bits per heavy atom. The molecule has 0 radical (unpaired) electrons. The molecule has 5 nitrogen and oxygen atoms in total. The molecule has 1 aromatic carbocycles. The Kier molecular flexibility index (Phi) is 10.0. The summed E-state index contributed by atoms with van der Waals surface area (Å²) in [6, 6.07) is 6.22. The SMILES string of the molecule is CN=C(NCC(=O)N(C)CC(F)(F)F)NCC(C)(C)c1cccc(F)c1.I. The van der Waals surface area contributed by atoms with Crippen molar-refractivity contribution in [3.05, 3.63) is 35.6 Å². The van der Waals surface area contributed by atoms with Crippen LogP contribution in [0.25, 0.3) is 0 Å². The zero-order valence-corrected chi connectivity index (χ0v) is 18.0. The molecule has 0 saturated heterocycles. The maximum Gasteiger partial charge on any atom is 0.406 e. The molecule has 1 amide bonds. The normalized spacial score (nSPS) is 12.2. The standard InChI is InChI=1S/C17H24F4N4O.HI/c1-16(2,12-6-5-7-13(18)8-12)10-24-15(22-3)23-9-14(26)25(4)11-17(19,20)21;/h5-8H,9-11H2,1-4H3,(H2,22,23,24);1H. The number of amides is 1. The summed E-state index contributed by atoms with van der Waals surface area (Å²) >= 11 is 0. The molecule has 0 aliphatic carbocycles. The van der Waals surface area contributed by atoms with Crippen LogP contribution < -0.4 is 10.6 Å². The number of hydrogen-bond acceptors (Lipinski definition) is 2. The van der Waals surface area contributed by atoms with Gasteiger partial charge in [-0.3, -0.25) is 9.79 Å². The highest BCUT2D eigenvalue weighted by molar-refractivity contribution is 14.0. The summed E-state index contributed by atoms with van der Waals surface area (Å²) in [6.45, 7) is 2.55. The molecule has 0 aromatic heterocycles. The lowest BCUT2D eigenvalue weighted by molar-refractivity contribution is -0.157. The van der Waals surface area contributed by atoms with Crippen LogP contribution in [-0.2, 0) is 10.2 Å². The molecule has 0 aliphatic heterocycles. The van der Waals surface area contributed by atoms with Gasteiger partial charge < -0.3 is 15.5 Å². The number of carbonyl (C=O) groups excluding carboxylic acids is 1. The number of alkyl halides is 3. The Hall–Kier alpha value is -1.59. The lowest BCUT2D eigenvalue weighted by Crippen LogP contribution is -2.47. The summed E-state index contributed by atoms with van der Waals surface area (Å²) in [4.78, 5) is 16.3. The van der Waals surface area contributed by atoms with Gasteiger partial charge in [0.15, 0.2) is 5.96 Å². The minimum Gasteiger partial charge on any atom is -0.356 e. The Labute approximate surface area is 173 Å². The fourth-order valence-corrected chi connectivity index (χ4v) is 2.19. The second-order valence-electron chi connectivity index (χ2n) is 6.54. The molecule has 154 valence electrons. The van der Waals surface area contributed by atoms with E-state index >= 15 is 0 Å². The second kappa shape index (κ2) is 10.7. The summed E-state index contributed by atoms with van der Waals surface area (Å²) in [5.74, 6) is -0.783. The van der Waals surface area contributed by atoms with E-state index in [0.717, 1.165) is 12.6 Å². The van der Waals surface area contributed by atoms with Gasteiger partial charge in [-0.1, -0.05) is 26.0 Å². The summed E-state index contributed by atoms with van der Waals surface area (Å²) in [5, 5.41) is 5.67. The molecule has 1 rings (SSSR count). The van der Waals surface area contributed by atoms with Gasteiger partial charge in [0.2, 0.25) is 5.91 Å². The molecule has 0 fully saturated rings. The van der Waals surface area contributed by atoms with Crippen LogP contribution in [0.1, 0.15) is 19.4 Å². The molecule has 0 spiro atoms. The minimum atomic E-state index is -4.45.